The largest absolute Gasteiger partial charge is 0.346 e. The molecule has 1 unspecified atom stereocenters. The van der Waals surface area contributed by atoms with Crippen molar-refractivity contribution in [2.24, 2.45) is 7.05 Å². The van der Waals surface area contributed by atoms with Crippen molar-refractivity contribution in [2.45, 2.75) is 32.2 Å². The Balaban J connectivity index is 2.73. The summed E-state index contributed by atoms with van der Waals surface area (Å²) >= 11 is 3.41. The second-order valence-corrected chi connectivity index (χ2v) is 4.99. The van der Waals surface area contributed by atoms with E-state index in [1.807, 2.05) is 7.05 Å². The molecule has 0 spiro atoms. The van der Waals surface area contributed by atoms with Crippen molar-refractivity contribution in [2.75, 3.05) is 5.33 Å². The highest BCUT2D eigenvalue weighted by Crippen LogP contribution is 2.16. The molecule has 0 bridgehead atoms. The number of aromatic nitrogens is 2. The third-order valence-electron chi connectivity index (χ3n) is 2.89. The monoisotopic (exact) mass is 287 g/mol. The topological polar surface area (TPSA) is 46.9 Å². The molecule has 90 valence electrons. The Morgan fingerprint density at radius 2 is 2.38 bits per heavy atom. The van der Waals surface area contributed by atoms with E-state index in [4.69, 9.17) is 0 Å². The summed E-state index contributed by atoms with van der Waals surface area (Å²) in [6.07, 6.45) is 5.03. The van der Waals surface area contributed by atoms with Crippen molar-refractivity contribution in [3.05, 3.63) is 18.2 Å². The summed E-state index contributed by atoms with van der Waals surface area (Å²) in [7, 11) is 1.82. The lowest BCUT2D eigenvalue weighted by Gasteiger charge is -2.28. The fraction of sp³-hybridized carbons (Fsp3) is 0.636. The number of hydrogen-bond acceptors (Lipinski definition) is 2. The van der Waals surface area contributed by atoms with Gasteiger partial charge in [0.05, 0.1) is 12.5 Å². The van der Waals surface area contributed by atoms with E-state index in [1.165, 1.54) is 0 Å². The Labute approximate surface area is 105 Å². The van der Waals surface area contributed by atoms with E-state index < -0.39 is 0 Å². The van der Waals surface area contributed by atoms with Crippen LogP contribution in [-0.2, 0) is 7.05 Å². The summed E-state index contributed by atoms with van der Waals surface area (Å²) in [5.41, 5.74) is 0.430. The fourth-order valence-electron chi connectivity index (χ4n) is 1.45. The first kappa shape index (κ1) is 13.2. The van der Waals surface area contributed by atoms with Crippen LogP contribution < -0.4 is 5.32 Å². The van der Waals surface area contributed by atoms with Gasteiger partial charge in [0, 0.05) is 17.9 Å². The molecule has 0 aliphatic carbocycles. The molecule has 1 rings (SSSR count). The molecule has 0 fully saturated rings. The van der Waals surface area contributed by atoms with Crippen LogP contribution in [0.2, 0.25) is 0 Å². The quantitative estimate of drug-likeness (QED) is 0.843. The number of hydrogen-bond donors (Lipinski definition) is 1. The minimum Gasteiger partial charge on any atom is -0.346 e. The number of imidazole rings is 1. The zero-order valence-corrected chi connectivity index (χ0v) is 11.5. The molecular formula is C11H18BrN3O. The summed E-state index contributed by atoms with van der Waals surface area (Å²) in [5.74, 6) is -0.0645. The lowest BCUT2D eigenvalue weighted by Crippen LogP contribution is -2.46. The smallest absolute Gasteiger partial charge is 0.269 e. The van der Waals surface area contributed by atoms with Gasteiger partial charge in [-0.15, -0.1) is 0 Å². The van der Waals surface area contributed by atoms with E-state index in [9.17, 15) is 4.79 Å². The van der Waals surface area contributed by atoms with Gasteiger partial charge in [-0.25, -0.2) is 4.98 Å². The summed E-state index contributed by atoms with van der Waals surface area (Å²) in [6.45, 7) is 4.13. The predicted molar refractivity (Wildman–Crippen MR) is 67.8 cm³/mol. The van der Waals surface area contributed by atoms with Crippen molar-refractivity contribution >= 4 is 21.8 Å². The number of nitrogens with one attached hydrogen (secondary N) is 1. The predicted octanol–water partition coefficient (Wildman–Crippen LogP) is 2.10. The first-order valence-electron chi connectivity index (χ1n) is 5.37. The minimum atomic E-state index is -0.162. The third-order valence-corrected chi connectivity index (χ3v) is 3.29. The number of halogens is 1. The fourth-order valence-corrected chi connectivity index (χ4v) is 2.33. The number of alkyl halides is 1. The van der Waals surface area contributed by atoms with Gasteiger partial charge in [-0.05, 0) is 19.8 Å². The number of carbonyl (C=O) groups is 1. The Hall–Kier alpha value is -0.840. The highest BCUT2D eigenvalue weighted by Gasteiger charge is 2.24. The molecule has 0 aliphatic rings. The van der Waals surface area contributed by atoms with E-state index in [0.717, 1.165) is 18.2 Å². The third kappa shape index (κ3) is 3.07. The molecule has 1 atom stereocenters. The number of amides is 1. The molecule has 0 aliphatic heterocycles. The van der Waals surface area contributed by atoms with Crippen LogP contribution in [0.5, 0.6) is 0 Å². The maximum Gasteiger partial charge on any atom is 0.269 e. The van der Waals surface area contributed by atoms with E-state index in [2.05, 4.69) is 40.1 Å². The van der Waals surface area contributed by atoms with Crippen molar-refractivity contribution in [3.8, 4) is 0 Å². The second kappa shape index (κ2) is 5.48. The van der Waals surface area contributed by atoms with Gasteiger partial charge in [-0.1, -0.05) is 22.9 Å². The van der Waals surface area contributed by atoms with Gasteiger partial charge in [0.25, 0.3) is 5.91 Å². The average molecular weight is 288 g/mol. The van der Waals surface area contributed by atoms with Gasteiger partial charge in [0.15, 0.2) is 0 Å². The van der Waals surface area contributed by atoms with Crippen molar-refractivity contribution in [1.29, 1.82) is 0 Å². The standard InChI is InChI=1S/C11H18BrN3O/c1-4-11(2,5-6-12)14-10(16)9-7-13-8-15(9)3/h7-8H,4-6H2,1-3H3,(H,14,16). The second-order valence-electron chi connectivity index (χ2n) is 4.20. The van der Waals surface area contributed by atoms with Gasteiger partial charge in [-0.3, -0.25) is 4.79 Å². The summed E-state index contributed by atoms with van der Waals surface area (Å²) in [4.78, 5) is 15.9. The normalized spacial score (nSPS) is 14.5. The molecule has 0 saturated heterocycles. The van der Waals surface area contributed by atoms with Crippen LogP contribution in [0.25, 0.3) is 0 Å². The Morgan fingerprint density at radius 3 is 2.81 bits per heavy atom. The van der Waals surface area contributed by atoms with Crippen molar-refractivity contribution < 1.29 is 4.79 Å². The molecule has 4 nitrogen and oxygen atoms in total. The molecule has 0 aromatic carbocycles. The molecule has 5 heteroatoms. The van der Waals surface area contributed by atoms with E-state index in [1.54, 1.807) is 17.1 Å². The Bertz CT molecular complexity index is 364. The lowest BCUT2D eigenvalue weighted by molar-refractivity contribution is 0.0893. The Kier molecular flexibility index (Phi) is 4.53. The van der Waals surface area contributed by atoms with E-state index in [-0.39, 0.29) is 11.4 Å². The summed E-state index contributed by atoms with van der Waals surface area (Å²) < 4.78 is 1.72. The van der Waals surface area contributed by atoms with Crippen LogP contribution in [-0.4, -0.2) is 26.3 Å². The summed E-state index contributed by atoms with van der Waals surface area (Å²) in [5, 5.41) is 3.94. The number of aryl methyl sites for hydroxylation is 1. The van der Waals surface area contributed by atoms with Crippen LogP contribution in [0.15, 0.2) is 12.5 Å². The van der Waals surface area contributed by atoms with Gasteiger partial charge in [0.2, 0.25) is 0 Å². The SMILES string of the molecule is CCC(C)(CCBr)NC(=O)c1cncn1C. The maximum absolute atomic E-state index is 12.0. The van der Waals surface area contributed by atoms with Crippen LogP contribution in [0, 0.1) is 0 Å². The Morgan fingerprint density at radius 1 is 1.69 bits per heavy atom. The van der Waals surface area contributed by atoms with Gasteiger partial charge in [-0.2, -0.15) is 0 Å². The molecular weight excluding hydrogens is 270 g/mol. The summed E-state index contributed by atoms with van der Waals surface area (Å²) in [6, 6.07) is 0. The number of carbonyl (C=O) groups excluding carboxylic acids is 1. The number of nitrogens with zero attached hydrogens (tertiary/aromatic N) is 2. The minimum absolute atomic E-state index is 0.0645. The zero-order chi connectivity index (χ0) is 12.2. The van der Waals surface area contributed by atoms with E-state index >= 15 is 0 Å². The zero-order valence-electron chi connectivity index (χ0n) is 9.96. The van der Waals surface area contributed by atoms with Gasteiger partial charge in [0.1, 0.15) is 5.69 Å². The first-order valence-corrected chi connectivity index (χ1v) is 6.49. The highest BCUT2D eigenvalue weighted by molar-refractivity contribution is 9.09. The molecule has 1 aromatic rings. The van der Waals surface area contributed by atoms with E-state index in [0.29, 0.717) is 5.69 Å². The van der Waals surface area contributed by atoms with Crippen LogP contribution in [0.4, 0.5) is 0 Å². The molecule has 16 heavy (non-hydrogen) atoms. The maximum atomic E-state index is 12.0. The molecule has 0 radical (unpaired) electrons. The average Bonchev–Trinajstić information content (AvgIpc) is 2.65. The molecule has 1 amide bonds. The first-order chi connectivity index (χ1) is 7.52. The highest BCUT2D eigenvalue weighted by atomic mass is 79.9. The van der Waals surface area contributed by atoms with Gasteiger partial charge < -0.3 is 9.88 Å². The molecule has 1 aromatic heterocycles. The molecule has 1 heterocycles. The van der Waals surface area contributed by atoms with Crippen molar-refractivity contribution in [1.82, 2.24) is 14.9 Å². The van der Waals surface area contributed by atoms with Gasteiger partial charge >= 0.3 is 0 Å². The molecule has 1 N–H and O–H groups in total. The van der Waals surface area contributed by atoms with Crippen LogP contribution in [0.1, 0.15) is 37.2 Å². The van der Waals surface area contributed by atoms with Crippen LogP contribution in [0.3, 0.4) is 0 Å². The lowest BCUT2D eigenvalue weighted by atomic mass is 9.95. The molecule has 0 saturated carbocycles. The van der Waals surface area contributed by atoms with Crippen molar-refractivity contribution in [3.63, 3.8) is 0 Å². The number of rotatable bonds is 5. The van der Waals surface area contributed by atoms with Crippen LogP contribution >= 0.6 is 15.9 Å².